The molecule has 0 aliphatic heterocycles. The van der Waals surface area contributed by atoms with E-state index in [1.165, 1.54) is 31.1 Å². The Kier molecular flexibility index (Phi) is 6.24. The van der Waals surface area contributed by atoms with E-state index in [-0.39, 0.29) is 10.5 Å². The number of nitrogens with zero attached hydrogens (tertiary/aromatic N) is 1. The van der Waals surface area contributed by atoms with Crippen LogP contribution in [0.4, 0.5) is 0 Å². The summed E-state index contributed by atoms with van der Waals surface area (Å²) in [5.41, 5.74) is 5.66. The van der Waals surface area contributed by atoms with Crippen LogP contribution in [0.3, 0.4) is 0 Å². The van der Waals surface area contributed by atoms with Crippen molar-refractivity contribution in [2.24, 2.45) is 0 Å². The molecule has 0 saturated heterocycles. The second-order valence-electron chi connectivity index (χ2n) is 9.50. The average Bonchev–Trinajstić information content (AvgIpc) is 3.18. The highest BCUT2D eigenvalue weighted by Crippen LogP contribution is 2.44. The van der Waals surface area contributed by atoms with Gasteiger partial charge in [0, 0.05) is 23.7 Å². The van der Waals surface area contributed by atoms with E-state index in [0.717, 1.165) is 40.6 Å². The maximum Gasteiger partial charge on any atom is 0.335 e. The van der Waals surface area contributed by atoms with Crippen molar-refractivity contribution >= 4 is 26.7 Å². The highest BCUT2D eigenvalue weighted by atomic mass is 32.2. The number of benzene rings is 3. The summed E-state index contributed by atoms with van der Waals surface area (Å²) in [6.45, 7) is 0.514. The summed E-state index contributed by atoms with van der Waals surface area (Å²) in [5.74, 6) is -0.524. The van der Waals surface area contributed by atoms with Crippen LogP contribution >= 0.6 is 0 Å². The van der Waals surface area contributed by atoms with Gasteiger partial charge in [0.25, 0.3) is 0 Å². The summed E-state index contributed by atoms with van der Waals surface area (Å²) >= 11 is 0. The number of carboxylic acids is 1. The highest BCUT2D eigenvalue weighted by molar-refractivity contribution is 7.90. The van der Waals surface area contributed by atoms with Gasteiger partial charge < -0.3 is 9.67 Å². The van der Waals surface area contributed by atoms with E-state index >= 15 is 0 Å². The molecule has 0 bridgehead atoms. The van der Waals surface area contributed by atoms with Crippen LogP contribution in [0.15, 0.2) is 77.7 Å². The molecule has 35 heavy (non-hydrogen) atoms. The van der Waals surface area contributed by atoms with Crippen LogP contribution < -0.4 is 0 Å². The molecule has 1 aromatic heterocycles. The van der Waals surface area contributed by atoms with E-state index in [1.54, 1.807) is 24.3 Å². The van der Waals surface area contributed by atoms with Gasteiger partial charge in [-0.2, -0.15) is 0 Å². The molecule has 0 spiro atoms. The monoisotopic (exact) mass is 487 g/mol. The fraction of sp³-hybridized carbons (Fsp3) is 0.276. The molecule has 1 heterocycles. The molecule has 1 aliphatic rings. The summed E-state index contributed by atoms with van der Waals surface area (Å²) in [4.78, 5) is 12.1. The Morgan fingerprint density at radius 1 is 0.943 bits per heavy atom. The van der Waals surface area contributed by atoms with E-state index in [2.05, 4.69) is 16.7 Å². The highest BCUT2D eigenvalue weighted by Gasteiger charge is 2.27. The van der Waals surface area contributed by atoms with E-state index in [1.807, 2.05) is 36.4 Å². The van der Waals surface area contributed by atoms with Gasteiger partial charge in [0.05, 0.1) is 16.2 Å². The van der Waals surface area contributed by atoms with E-state index in [9.17, 15) is 18.3 Å². The zero-order valence-corrected chi connectivity index (χ0v) is 20.6. The van der Waals surface area contributed by atoms with Gasteiger partial charge in [-0.25, -0.2) is 13.2 Å². The lowest BCUT2D eigenvalue weighted by Crippen LogP contribution is -2.08. The van der Waals surface area contributed by atoms with E-state index in [4.69, 9.17) is 0 Å². The lowest BCUT2D eigenvalue weighted by Gasteiger charge is -2.24. The molecular formula is C29H29NO4S. The molecule has 1 aliphatic carbocycles. The maximum atomic E-state index is 11.9. The first kappa shape index (κ1) is 23.4. The zero-order valence-electron chi connectivity index (χ0n) is 19.8. The first-order chi connectivity index (χ1) is 16.8. The minimum Gasteiger partial charge on any atom is -0.478 e. The van der Waals surface area contributed by atoms with Gasteiger partial charge in [0.15, 0.2) is 9.84 Å². The normalized spacial score (nSPS) is 14.9. The standard InChI is InChI=1S/C29H29NO4S/c1-35(33,34)24-15-12-20(13-16-24)19-30-26-18-23(29(31)32)14-17-25(26)27(21-8-4-2-5-9-21)28(30)22-10-6-3-7-11-22/h3,6-7,10-18,21H,2,4-5,8-9,19H2,1H3,(H,31,32). The SMILES string of the molecule is CS(=O)(=O)c1ccc(Cn2c(-c3ccccc3)c(C3CCCCC3)c3ccc(C(=O)O)cc32)cc1. The summed E-state index contributed by atoms with van der Waals surface area (Å²) in [5, 5.41) is 10.8. The molecule has 1 fully saturated rings. The second-order valence-corrected chi connectivity index (χ2v) is 11.5. The molecule has 0 radical (unpaired) electrons. The number of carboxylic acid groups (broad SMARTS) is 1. The molecule has 0 unspecified atom stereocenters. The molecule has 6 heteroatoms. The lowest BCUT2D eigenvalue weighted by atomic mass is 9.82. The molecule has 4 aromatic rings. The summed E-state index contributed by atoms with van der Waals surface area (Å²) in [6, 6.07) is 22.7. The van der Waals surface area contributed by atoms with Gasteiger partial charge in [0.1, 0.15) is 0 Å². The molecule has 0 amide bonds. The van der Waals surface area contributed by atoms with Crippen LogP contribution in [0.2, 0.25) is 0 Å². The van der Waals surface area contributed by atoms with Crippen molar-refractivity contribution in [1.29, 1.82) is 0 Å². The predicted molar refractivity (Wildman–Crippen MR) is 139 cm³/mol. The number of fused-ring (bicyclic) bond motifs is 1. The van der Waals surface area contributed by atoms with Crippen molar-refractivity contribution in [3.8, 4) is 11.3 Å². The fourth-order valence-corrected chi connectivity index (χ4v) is 6.04. The Labute approximate surface area is 206 Å². The lowest BCUT2D eigenvalue weighted by molar-refractivity contribution is 0.0697. The quantitative estimate of drug-likeness (QED) is 0.336. The Balaban J connectivity index is 1.75. The molecule has 5 nitrogen and oxygen atoms in total. The van der Waals surface area contributed by atoms with E-state index in [0.29, 0.717) is 12.5 Å². The van der Waals surface area contributed by atoms with Crippen molar-refractivity contribution in [3.63, 3.8) is 0 Å². The van der Waals surface area contributed by atoms with Gasteiger partial charge >= 0.3 is 5.97 Å². The van der Waals surface area contributed by atoms with Gasteiger partial charge in [-0.05, 0) is 59.7 Å². The molecular weight excluding hydrogens is 458 g/mol. The predicted octanol–water partition coefficient (Wildman–Crippen LogP) is 6.51. The Hall–Kier alpha value is -3.38. The van der Waals surface area contributed by atoms with Crippen molar-refractivity contribution in [2.75, 3.05) is 6.26 Å². The third kappa shape index (κ3) is 4.63. The van der Waals surface area contributed by atoms with Crippen molar-refractivity contribution < 1.29 is 18.3 Å². The molecule has 3 aromatic carbocycles. The summed E-state index contributed by atoms with van der Waals surface area (Å²) in [7, 11) is -3.28. The van der Waals surface area contributed by atoms with Crippen LogP contribution in [0.5, 0.6) is 0 Å². The topological polar surface area (TPSA) is 76.4 Å². The molecule has 1 saturated carbocycles. The van der Waals surface area contributed by atoms with Crippen molar-refractivity contribution in [2.45, 2.75) is 49.5 Å². The van der Waals surface area contributed by atoms with Crippen LogP contribution in [0, 0.1) is 0 Å². The Morgan fingerprint density at radius 2 is 1.63 bits per heavy atom. The van der Waals surface area contributed by atoms with Crippen molar-refractivity contribution in [1.82, 2.24) is 4.57 Å². The summed E-state index contributed by atoms with van der Waals surface area (Å²) in [6.07, 6.45) is 7.12. The van der Waals surface area contributed by atoms with Crippen LogP contribution in [-0.4, -0.2) is 30.3 Å². The largest absolute Gasteiger partial charge is 0.478 e. The Morgan fingerprint density at radius 3 is 2.26 bits per heavy atom. The van der Waals surface area contributed by atoms with Gasteiger partial charge in [-0.1, -0.05) is 67.8 Å². The third-order valence-corrected chi connectivity index (χ3v) is 8.23. The second kappa shape index (κ2) is 9.34. The Bertz CT molecular complexity index is 1480. The first-order valence-electron chi connectivity index (χ1n) is 12.1. The van der Waals surface area contributed by atoms with Crippen LogP contribution in [0.1, 0.15) is 59.5 Å². The fourth-order valence-electron chi connectivity index (χ4n) is 5.41. The number of aromatic carboxylic acids is 1. The summed E-state index contributed by atoms with van der Waals surface area (Å²) < 4.78 is 26.1. The first-order valence-corrected chi connectivity index (χ1v) is 14.0. The minimum absolute atomic E-state index is 0.262. The molecule has 180 valence electrons. The number of aromatic nitrogens is 1. The number of carbonyl (C=O) groups is 1. The van der Waals surface area contributed by atoms with Gasteiger partial charge in [0.2, 0.25) is 0 Å². The number of hydrogen-bond donors (Lipinski definition) is 1. The number of rotatable bonds is 6. The maximum absolute atomic E-state index is 11.9. The van der Waals surface area contributed by atoms with Crippen molar-refractivity contribution in [3.05, 3.63) is 89.5 Å². The molecule has 0 atom stereocenters. The number of hydrogen-bond acceptors (Lipinski definition) is 3. The number of sulfone groups is 1. The minimum atomic E-state index is -3.28. The third-order valence-electron chi connectivity index (χ3n) is 7.10. The zero-order chi connectivity index (χ0) is 24.6. The van der Waals surface area contributed by atoms with Gasteiger partial charge in [-0.3, -0.25) is 0 Å². The molecule has 1 N–H and O–H groups in total. The average molecular weight is 488 g/mol. The van der Waals surface area contributed by atoms with Gasteiger partial charge in [-0.15, -0.1) is 0 Å². The molecule has 5 rings (SSSR count). The van der Waals surface area contributed by atoms with Crippen LogP contribution in [-0.2, 0) is 16.4 Å². The smallest absolute Gasteiger partial charge is 0.335 e. The van der Waals surface area contributed by atoms with E-state index < -0.39 is 15.8 Å². The van der Waals surface area contributed by atoms with Crippen LogP contribution in [0.25, 0.3) is 22.2 Å².